The van der Waals surface area contributed by atoms with E-state index in [9.17, 15) is 0 Å². The molecule has 1 fully saturated rings. The van der Waals surface area contributed by atoms with Gasteiger partial charge in [-0.25, -0.2) is 0 Å². The Morgan fingerprint density at radius 2 is 2.50 bits per heavy atom. The molecule has 1 N–H and O–H groups in total. The Kier molecular flexibility index (Phi) is 6.52. The minimum Gasteiger partial charge on any atom is -0.375 e. The molecule has 0 aliphatic carbocycles. The van der Waals surface area contributed by atoms with Gasteiger partial charge < -0.3 is 10.1 Å². The van der Waals surface area contributed by atoms with Crippen LogP contribution in [0.25, 0.3) is 0 Å². The molecule has 1 aromatic heterocycles. The Labute approximate surface area is 126 Å². The molecule has 1 aliphatic heterocycles. The van der Waals surface area contributed by atoms with Crippen LogP contribution in [0.4, 0.5) is 0 Å². The van der Waals surface area contributed by atoms with Gasteiger partial charge in [-0.3, -0.25) is 0 Å². The monoisotopic (exact) mass is 349 g/mol. The summed E-state index contributed by atoms with van der Waals surface area (Å²) in [7, 11) is 0. The van der Waals surface area contributed by atoms with Crippen molar-refractivity contribution in [3.05, 3.63) is 20.8 Å². The summed E-state index contributed by atoms with van der Waals surface area (Å²) in [5.41, 5.74) is 0. The summed E-state index contributed by atoms with van der Waals surface area (Å²) in [5, 5.41) is 5.81. The molecule has 1 aromatic rings. The second-order valence-electron chi connectivity index (χ2n) is 4.48. The summed E-state index contributed by atoms with van der Waals surface area (Å²) in [5.74, 6) is 2.26. The summed E-state index contributed by atoms with van der Waals surface area (Å²) in [6.45, 7) is 4.18. The molecule has 0 aromatic carbocycles. The van der Waals surface area contributed by atoms with Gasteiger partial charge in [0.1, 0.15) is 0 Å². The van der Waals surface area contributed by atoms with E-state index < -0.39 is 0 Å². The zero-order valence-electron chi connectivity index (χ0n) is 10.7. The lowest BCUT2D eigenvalue weighted by Gasteiger charge is -2.30. The summed E-state index contributed by atoms with van der Waals surface area (Å²) in [4.78, 5) is 1.43. The van der Waals surface area contributed by atoms with E-state index in [1.807, 2.05) is 23.1 Å². The molecule has 0 bridgehead atoms. The number of ether oxygens (including phenoxy) is 1. The zero-order chi connectivity index (χ0) is 12.8. The molecular weight excluding hydrogens is 330 g/mol. The van der Waals surface area contributed by atoms with Gasteiger partial charge in [0.2, 0.25) is 0 Å². The van der Waals surface area contributed by atoms with Crippen molar-refractivity contribution >= 4 is 39.0 Å². The van der Waals surface area contributed by atoms with Crippen LogP contribution in [0.2, 0.25) is 0 Å². The van der Waals surface area contributed by atoms with Crippen LogP contribution in [-0.4, -0.2) is 36.8 Å². The van der Waals surface area contributed by atoms with E-state index >= 15 is 0 Å². The quantitative estimate of drug-likeness (QED) is 0.848. The standard InChI is InChI=1S/C13H20BrNOS2/c1-2-3-15-12(13-9-17-5-4-16-13)7-11-6-10(14)8-18-11/h6,8,12-13,15H,2-5,7,9H2,1H3. The van der Waals surface area contributed by atoms with Crippen LogP contribution in [0.15, 0.2) is 15.9 Å². The molecule has 0 spiro atoms. The van der Waals surface area contributed by atoms with Crippen molar-refractivity contribution in [3.63, 3.8) is 0 Å². The van der Waals surface area contributed by atoms with Gasteiger partial charge in [0.25, 0.3) is 0 Å². The number of thioether (sulfide) groups is 1. The van der Waals surface area contributed by atoms with Gasteiger partial charge in [0.05, 0.1) is 12.7 Å². The molecule has 1 saturated heterocycles. The van der Waals surface area contributed by atoms with Gasteiger partial charge in [-0.05, 0) is 41.4 Å². The van der Waals surface area contributed by atoms with Gasteiger partial charge in [0, 0.05) is 32.3 Å². The van der Waals surface area contributed by atoms with Gasteiger partial charge in [-0.15, -0.1) is 11.3 Å². The third-order valence-corrected chi connectivity index (χ3v) is 5.73. The first-order valence-electron chi connectivity index (χ1n) is 6.45. The number of halogens is 1. The SMILES string of the molecule is CCCNC(Cc1cc(Br)cs1)C1CSCCO1. The highest BCUT2D eigenvalue weighted by molar-refractivity contribution is 9.10. The molecule has 2 nitrogen and oxygen atoms in total. The number of thiophene rings is 1. The first-order valence-corrected chi connectivity index (χ1v) is 9.28. The second kappa shape index (κ2) is 7.90. The minimum absolute atomic E-state index is 0.358. The topological polar surface area (TPSA) is 21.3 Å². The van der Waals surface area contributed by atoms with E-state index in [-0.39, 0.29) is 0 Å². The minimum atomic E-state index is 0.358. The highest BCUT2D eigenvalue weighted by atomic mass is 79.9. The van der Waals surface area contributed by atoms with Crippen molar-refractivity contribution in [3.8, 4) is 0 Å². The van der Waals surface area contributed by atoms with E-state index in [1.54, 1.807) is 0 Å². The Balaban J connectivity index is 1.94. The van der Waals surface area contributed by atoms with E-state index in [2.05, 4.69) is 39.6 Å². The number of nitrogens with one attached hydrogen (secondary N) is 1. The fraction of sp³-hybridized carbons (Fsp3) is 0.692. The van der Waals surface area contributed by atoms with Crippen LogP contribution in [0.3, 0.4) is 0 Å². The van der Waals surface area contributed by atoms with Crippen molar-refractivity contribution in [2.45, 2.75) is 31.9 Å². The average Bonchev–Trinajstić information content (AvgIpc) is 2.81. The maximum atomic E-state index is 5.93. The van der Waals surface area contributed by atoms with Crippen LogP contribution in [0.1, 0.15) is 18.2 Å². The molecule has 0 saturated carbocycles. The molecule has 5 heteroatoms. The lowest BCUT2D eigenvalue weighted by Crippen LogP contribution is -2.46. The van der Waals surface area contributed by atoms with Crippen LogP contribution in [-0.2, 0) is 11.2 Å². The molecular formula is C13H20BrNOS2. The third kappa shape index (κ3) is 4.53. The Morgan fingerprint density at radius 1 is 1.61 bits per heavy atom. The highest BCUT2D eigenvalue weighted by Crippen LogP contribution is 2.24. The first-order chi connectivity index (χ1) is 8.79. The van der Waals surface area contributed by atoms with E-state index in [0.29, 0.717) is 12.1 Å². The first kappa shape index (κ1) is 14.9. The van der Waals surface area contributed by atoms with Crippen molar-refractivity contribution < 1.29 is 4.74 Å². The lowest BCUT2D eigenvalue weighted by molar-refractivity contribution is 0.0474. The molecule has 102 valence electrons. The molecule has 18 heavy (non-hydrogen) atoms. The van der Waals surface area contributed by atoms with Crippen LogP contribution in [0.5, 0.6) is 0 Å². The van der Waals surface area contributed by atoms with Crippen LogP contribution in [0, 0.1) is 0 Å². The Hall–Kier alpha value is 0.450. The second-order valence-corrected chi connectivity index (χ2v) is 7.54. The molecule has 2 atom stereocenters. The number of hydrogen-bond acceptors (Lipinski definition) is 4. The van der Waals surface area contributed by atoms with Crippen molar-refractivity contribution in [2.24, 2.45) is 0 Å². The summed E-state index contributed by atoms with van der Waals surface area (Å²) in [6.07, 6.45) is 2.60. The van der Waals surface area contributed by atoms with Gasteiger partial charge in [-0.1, -0.05) is 6.92 Å². The molecule has 1 aliphatic rings. The summed E-state index contributed by atoms with van der Waals surface area (Å²) < 4.78 is 7.12. The fourth-order valence-corrected chi connectivity index (χ4v) is 4.53. The maximum absolute atomic E-state index is 5.93. The van der Waals surface area contributed by atoms with Crippen molar-refractivity contribution in [1.29, 1.82) is 0 Å². The van der Waals surface area contributed by atoms with E-state index in [0.717, 1.165) is 31.1 Å². The van der Waals surface area contributed by atoms with Crippen molar-refractivity contribution in [1.82, 2.24) is 5.32 Å². The van der Waals surface area contributed by atoms with Gasteiger partial charge in [0.15, 0.2) is 0 Å². The predicted molar refractivity (Wildman–Crippen MR) is 84.9 cm³/mol. The molecule has 0 amide bonds. The Morgan fingerprint density at radius 3 is 3.11 bits per heavy atom. The van der Waals surface area contributed by atoms with Gasteiger partial charge in [-0.2, -0.15) is 11.8 Å². The largest absolute Gasteiger partial charge is 0.375 e. The molecule has 2 unspecified atom stereocenters. The average molecular weight is 350 g/mol. The third-order valence-electron chi connectivity index (χ3n) is 2.99. The summed E-state index contributed by atoms with van der Waals surface area (Å²) >= 11 is 7.36. The predicted octanol–water partition coefficient (Wildman–Crippen LogP) is 3.55. The smallest absolute Gasteiger partial charge is 0.0822 e. The van der Waals surface area contributed by atoms with E-state index in [4.69, 9.17) is 4.74 Å². The van der Waals surface area contributed by atoms with Crippen molar-refractivity contribution in [2.75, 3.05) is 24.7 Å². The number of rotatable bonds is 6. The highest BCUT2D eigenvalue weighted by Gasteiger charge is 2.24. The lowest BCUT2D eigenvalue weighted by atomic mass is 10.1. The Bertz CT molecular complexity index is 353. The summed E-state index contributed by atoms with van der Waals surface area (Å²) in [6, 6.07) is 2.67. The maximum Gasteiger partial charge on any atom is 0.0822 e. The normalized spacial score (nSPS) is 22.0. The molecule has 2 heterocycles. The van der Waals surface area contributed by atoms with Crippen LogP contribution >= 0.6 is 39.0 Å². The van der Waals surface area contributed by atoms with Gasteiger partial charge >= 0.3 is 0 Å². The molecule has 2 rings (SSSR count). The van der Waals surface area contributed by atoms with Crippen LogP contribution < -0.4 is 5.32 Å². The zero-order valence-corrected chi connectivity index (χ0v) is 13.9. The molecule has 0 radical (unpaired) electrons. The van der Waals surface area contributed by atoms with E-state index in [1.165, 1.54) is 15.8 Å². The number of hydrogen-bond donors (Lipinski definition) is 1. The fourth-order valence-electron chi connectivity index (χ4n) is 2.08.